The highest BCUT2D eigenvalue weighted by Gasteiger charge is 2.00. The van der Waals surface area contributed by atoms with Gasteiger partial charge in [0.05, 0.1) is 6.54 Å². The third-order valence-corrected chi connectivity index (χ3v) is 3.21. The molecule has 0 spiro atoms. The molecule has 2 rings (SSSR count). The summed E-state index contributed by atoms with van der Waals surface area (Å²) in [5.74, 6) is 0.886. The average molecular weight is 309 g/mol. The number of hydrogen-bond donors (Lipinski definition) is 1. The molecule has 0 bridgehead atoms. The molecule has 2 aromatic rings. The van der Waals surface area contributed by atoms with Crippen molar-refractivity contribution in [2.45, 2.75) is 13.0 Å². The van der Waals surface area contributed by atoms with Gasteiger partial charge in [-0.05, 0) is 43.3 Å². The van der Waals surface area contributed by atoms with Crippen LogP contribution in [0.4, 0.5) is 0 Å². The van der Waals surface area contributed by atoms with Gasteiger partial charge in [0.1, 0.15) is 12.4 Å². The van der Waals surface area contributed by atoms with E-state index in [1.165, 1.54) is 5.69 Å². The first kappa shape index (κ1) is 13.2. The smallest absolute Gasteiger partial charge is 0.120 e. The molecule has 0 radical (unpaired) electrons. The third kappa shape index (κ3) is 3.62. The fraction of sp³-hybridized carbons (Fsp3) is 0.286. The summed E-state index contributed by atoms with van der Waals surface area (Å²) in [6.45, 7) is 2.17. The molecule has 1 aromatic carbocycles. The van der Waals surface area contributed by atoms with Crippen LogP contribution in [0.15, 0.2) is 47.1 Å². The molecule has 3 nitrogen and oxygen atoms in total. The van der Waals surface area contributed by atoms with E-state index in [-0.39, 0.29) is 0 Å². The van der Waals surface area contributed by atoms with E-state index >= 15 is 0 Å². The Morgan fingerprint density at radius 2 is 2.11 bits per heavy atom. The molecule has 2 N–H and O–H groups in total. The zero-order valence-corrected chi connectivity index (χ0v) is 11.8. The molecule has 0 unspecified atom stereocenters. The van der Waals surface area contributed by atoms with Crippen molar-refractivity contribution in [3.8, 4) is 5.75 Å². The van der Waals surface area contributed by atoms with E-state index in [0.717, 1.165) is 23.2 Å². The molecule has 18 heavy (non-hydrogen) atoms. The van der Waals surface area contributed by atoms with Gasteiger partial charge in [-0.25, -0.2) is 0 Å². The van der Waals surface area contributed by atoms with Gasteiger partial charge in [0.25, 0.3) is 0 Å². The zero-order chi connectivity index (χ0) is 12.8. The van der Waals surface area contributed by atoms with Crippen molar-refractivity contribution in [3.05, 3.63) is 52.8 Å². The lowest BCUT2D eigenvalue weighted by atomic mass is 10.3. The normalized spacial score (nSPS) is 10.6. The summed E-state index contributed by atoms with van der Waals surface area (Å²) >= 11 is 3.43. The van der Waals surface area contributed by atoms with Crippen LogP contribution >= 0.6 is 15.9 Å². The van der Waals surface area contributed by atoms with E-state index in [9.17, 15) is 0 Å². The molecule has 4 heteroatoms. The molecule has 0 atom stereocenters. The highest BCUT2D eigenvalue weighted by molar-refractivity contribution is 9.10. The van der Waals surface area contributed by atoms with Gasteiger partial charge in [0.15, 0.2) is 0 Å². The monoisotopic (exact) mass is 308 g/mol. The van der Waals surface area contributed by atoms with Crippen molar-refractivity contribution >= 4 is 15.9 Å². The van der Waals surface area contributed by atoms with Gasteiger partial charge in [-0.15, -0.1) is 0 Å². The molecule has 0 aliphatic carbocycles. The molecule has 0 saturated heterocycles. The minimum absolute atomic E-state index is 0.655. The molecule has 0 fully saturated rings. The number of hydrogen-bond acceptors (Lipinski definition) is 2. The number of benzene rings is 1. The second kappa shape index (κ2) is 6.61. The summed E-state index contributed by atoms with van der Waals surface area (Å²) in [4.78, 5) is 0. The van der Waals surface area contributed by atoms with Crippen LogP contribution in [-0.2, 0) is 13.0 Å². The summed E-state index contributed by atoms with van der Waals surface area (Å²) in [7, 11) is 0. The second-order valence-electron chi connectivity index (χ2n) is 4.04. The van der Waals surface area contributed by atoms with Crippen LogP contribution in [0, 0.1) is 0 Å². The Bertz CT molecular complexity index is 496. The molecular formula is C14H17BrN2O. The van der Waals surface area contributed by atoms with E-state index in [4.69, 9.17) is 10.5 Å². The Labute approximate surface area is 116 Å². The van der Waals surface area contributed by atoms with Crippen LogP contribution < -0.4 is 10.5 Å². The molecule has 96 valence electrons. The number of nitrogens with two attached hydrogens (primary N) is 1. The van der Waals surface area contributed by atoms with Crippen LogP contribution in [0.3, 0.4) is 0 Å². The predicted octanol–water partition coefficient (Wildman–Crippen LogP) is 2.83. The third-order valence-electron chi connectivity index (χ3n) is 2.72. The summed E-state index contributed by atoms with van der Waals surface area (Å²) in [5, 5.41) is 0. The van der Waals surface area contributed by atoms with Gasteiger partial charge in [-0.3, -0.25) is 0 Å². The SMILES string of the molecule is NCCc1cccn1CCOc1cccc(Br)c1. The Hall–Kier alpha value is -1.26. The lowest BCUT2D eigenvalue weighted by Gasteiger charge is -2.10. The first-order valence-electron chi connectivity index (χ1n) is 6.02. The fourth-order valence-corrected chi connectivity index (χ4v) is 2.24. The van der Waals surface area contributed by atoms with Gasteiger partial charge in [-0.1, -0.05) is 22.0 Å². The van der Waals surface area contributed by atoms with Gasteiger partial charge >= 0.3 is 0 Å². The number of nitrogens with zero attached hydrogens (tertiary/aromatic N) is 1. The van der Waals surface area contributed by atoms with Crippen molar-refractivity contribution in [3.63, 3.8) is 0 Å². The predicted molar refractivity (Wildman–Crippen MR) is 76.8 cm³/mol. The minimum Gasteiger partial charge on any atom is -0.492 e. The number of aromatic nitrogens is 1. The average Bonchev–Trinajstić information content (AvgIpc) is 2.78. The summed E-state index contributed by atoms with van der Waals surface area (Å²) < 4.78 is 8.93. The molecular weight excluding hydrogens is 292 g/mol. The fourth-order valence-electron chi connectivity index (χ4n) is 1.86. The maximum Gasteiger partial charge on any atom is 0.120 e. The summed E-state index contributed by atoms with van der Waals surface area (Å²) in [5.41, 5.74) is 6.83. The molecule has 1 heterocycles. The number of ether oxygens (including phenoxy) is 1. The van der Waals surface area contributed by atoms with Gasteiger partial charge in [0.2, 0.25) is 0 Å². The maximum atomic E-state index is 5.71. The van der Waals surface area contributed by atoms with Crippen LogP contribution in [-0.4, -0.2) is 17.7 Å². The summed E-state index contributed by atoms with van der Waals surface area (Å²) in [6.07, 6.45) is 2.97. The Morgan fingerprint density at radius 3 is 2.89 bits per heavy atom. The first-order valence-corrected chi connectivity index (χ1v) is 6.81. The van der Waals surface area contributed by atoms with Crippen molar-refractivity contribution in [2.24, 2.45) is 5.73 Å². The summed E-state index contributed by atoms with van der Waals surface area (Å²) in [6, 6.07) is 12.0. The Kier molecular flexibility index (Phi) is 4.84. The van der Waals surface area contributed by atoms with Crippen LogP contribution in [0.25, 0.3) is 0 Å². The van der Waals surface area contributed by atoms with Crippen LogP contribution in [0.2, 0.25) is 0 Å². The van der Waals surface area contributed by atoms with Crippen molar-refractivity contribution in [1.82, 2.24) is 4.57 Å². The largest absolute Gasteiger partial charge is 0.492 e. The quantitative estimate of drug-likeness (QED) is 0.891. The van der Waals surface area contributed by atoms with E-state index in [2.05, 4.69) is 32.8 Å². The van der Waals surface area contributed by atoms with E-state index < -0.39 is 0 Å². The van der Waals surface area contributed by atoms with Gasteiger partial charge in [-0.2, -0.15) is 0 Å². The molecule has 0 saturated carbocycles. The first-order chi connectivity index (χ1) is 8.79. The Balaban J connectivity index is 1.86. The molecule has 1 aromatic heterocycles. The highest BCUT2D eigenvalue weighted by atomic mass is 79.9. The molecule has 0 amide bonds. The standard InChI is InChI=1S/C14H17BrN2O/c15-12-3-1-5-14(11-12)18-10-9-17-8-2-4-13(17)6-7-16/h1-5,8,11H,6-7,9-10,16H2. The van der Waals surface area contributed by atoms with Gasteiger partial charge < -0.3 is 15.0 Å². The van der Waals surface area contributed by atoms with Crippen molar-refractivity contribution in [2.75, 3.05) is 13.2 Å². The lowest BCUT2D eigenvalue weighted by Crippen LogP contribution is -2.12. The van der Waals surface area contributed by atoms with E-state index in [1.807, 2.05) is 30.3 Å². The van der Waals surface area contributed by atoms with Gasteiger partial charge in [0, 0.05) is 16.4 Å². The number of rotatable bonds is 6. The lowest BCUT2D eigenvalue weighted by molar-refractivity contribution is 0.296. The topological polar surface area (TPSA) is 40.2 Å². The van der Waals surface area contributed by atoms with Crippen LogP contribution in [0.5, 0.6) is 5.75 Å². The maximum absolute atomic E-state index is 5.71. The Morgan fingerprint density at radius 1 is 1.22 bits per heavy atom. The molecule has 0 aliphatic rings. The van der Waals surface area contributed by atoms with Crippen molar-refractivity contribution in [1.29, 1.82) is 0 Å². The number of halogens is 1. The van der Waals surface area contributed by atoms with Crippen molar-refractivity contribution < 1.29 is 4.74 Å². The van der Waals surface area contributed by atoms with E-state index in [1.54, 1.807) is 0 Å². The minimum atomic E-state index is 0.655. The zero-order valence-electron chi connectivity index (χ0n) is 10.2. The highest BCUT2D eigenvalue weighted by Crippen LogP contribution is 2.17. The van der Waals surface area contributed by atoms with E-state index in [0.29, 0.717) is 13.2 Å². The molecule has 0 aliphatic heterocycles. The van der Waals surface area contributed by atoms with Crippen LogP contribution in [0.1, 0.15) is 5.69 Å². The second-order valence-corrected chi connectivity index (χ2v) is 4.95.